The summed E-state index contributed by atoms with van der Waals surface area (Å²) < 4.78 is 11.5. The van der Waals surface area contributed by atoms with E-state index in [1.165, 1.54) is 10.5 Å². The molecule has 0 saturated carbocycles. The van der Waals surface area contributed by atoms with Gasteiger partial charge in [-0.05, 0) is 55.7 Å². The van der Waals surface area contributed by atoms with E-state index in [9.17, 15) is 4.79 Å². The Hall–Kier alpha value is -2.14. The number of amides is 1. The number of rotatable bonds is 8. The van der Waals surface area contributed by atoms with Crippen molar-refractivity contribution in [3.8, 4) is 11.5 Å². The molecule has 0 unspecified atom stereocenters. The van der Waals surface area contributed by atoms with E-state index >= 15 is 0 Å². The van der Waals surface area contributed by atoms with Crippen molar-refractivity contribution in [2.24, 2.45) is 0 Å². The van der Waals surface area contributed by atoms with Crippen LogP contribution in [0.15, 0.2) is 47.4 Å². The minimum absolute atomic E-state index is 0.218. The van der Waals surface area contributed by atoms with E-state index in [1.54, 1.807) is 11.8 Å². The van der Waals surface area contributed by atoms with Crippen molar-refractivity contribution in [1.82, 2.24) is 4.90 Å². The van der Waals surface area contributed by atoms with Crippen LogP contribution in [0.4, 0.5) is 0 Å². The molecule has 2 aromatic carbocycles. The maximum Gasteiger partial charge on any atom is 0.223 e. The molecule has 0 spiro atoms. The average Bonchev–Trinajstić information content (AvgIpc) is 2.69. The molecule has 0 aliphatic carbocycles. The van der Waals surface area contributed by atoms with Gasteiger partial charge in [0, 0.05) is 30.2 Å². The number of carbonyl (C=O) groups is 1. The molecule has 0 aromatic heterocycles. The minimum Gasteiger partial charge on any atom is -0.490 e. The molecule has 1 aliphatic rings. The van der Waals surface area contributed by atoms with Crippen molar-refractivity contribution < 1.29 is 14.3 Å². The number of ether oxygens (including phenoxy) is 2. The Bertz CT molecular complexity index is 764. The highest BCUT2D eigenvalue weighted by Crippen LogP contribution is 2.34. The van der Waals surface area contributed by atoms with Gasteiger partial charge in [0.25, 0.3) is 0 Å². The third-order valence-electron chi connectivity index (χ3n) is 4.56. The van der Waals surface area contributed by atoms with Gasteiger partial charge in [0.1, 0.15) is 0 Å². The smallest absolute Gasteiger partial charge is 0.223 e. The van der Waals surface area contributed by atoms with Gasteiger partial charge >= 0.3 is 0 Å². The van der Waals surface area contributed by atoms with Crippen LogP contribution >= 0.6 is 11.8 Å². The highest BCUT2D eigenvalue weighted by atomic mass is 32.2. The summed E-state index contributed by atoms with van der Waals surface area (Å²) in [6, 6.07) is 14.3. The summed E-state index contributed by atoms with van der Waals surface area (Å²) in [5.41, 5.74) is 2.42. The molecule has 2 aromatic rings. The molecule has 4 nitrogen and oxygen atoms in total. The lowest BCUT2D eigenvalue weighted by Crippen LogP contribution is -2.36. The normalized spacial score (nSPS) is 13.2. The molecule has 27 heavy (non-hydrogen) atoms. The summed E-state index contributed by atoms with van der Waals surface area (Å²) in [5.74, 6) is 2.60. The molecule has 1 aliphatic heterocycles. The second kappa shape index (κ2) is 9.70. The van der Waals surface area contributed by atoms with E-state index in [0.717, 1.165) is 35.8 Å². The summed E-state index contributed by atoms with van der Waals surface area (Å²) >= 11 is 1.73. The lowest BCUT2D eigenvalue weighted by Gasteiger charge is -2.30. The van der Waals surface area contributed by atoms with Crippen LogP contribution in [0, 0.1) is 0 Å². The average molecular weight is 386 g/mol. The van der Waals surface area contributed by atoms with Crippen molar-refractivity contribution in [2.45, 2.75) is 38.1 Å². The lowest BCUT2D eigenvalue weighted by atomic mass is 9.98. The fourth-order valence-corrected chi connectivity index (χ4v) is 4.11. The Morgan fingerprint density at radius 1 is 1.04 bits per heavy atom. The van der Waals surface area contributed by atoms with Crippen molar-refractivity contribution in [3.63, 3.8) is 0 Å². The third-order valence-corrected chi connectivity index (χ3v) is 5.57. The fourth-order valence-electron chi connectivity index (χ4n) is 3.24. The Kier molecular flexibility index (Phi) is 7.04. The number of hydrogen-bond donors (Lipinski definition) is 0. The molecule has 0 saturated heterocycles. The minimum atomic E-state index is 0.218. The predicted molar refractivity (Wildman–Crippen MR) is 110 cm³/mol. The van der Waals surface area contributed by atoms with Gasteiger partial charge in [0.05, 0.1) is 13.2 Å². The zero-order valence-corrected chi connectivity index (χ0v) is 16.9. The molecule has 0 bridgehead atoms. The first-order valence-corrected chi connectivity index (χ1v) is 10.6. The Morgan fingerprint density at radius 3 is 2.37 bits per heavy atom. The first-order valence-electron chi connectivity index (χ1n) is 9.58. The van der Waals surface area contributed by atoms with Crippen LogP contribution in [0.3, 0.4) is 0 Å². The SMILES string of the molecule is CCOc1cc2c(cc1OCC)CN(C(=O)CCSc1ccccc1)CC2. The predicted octanol–water partition coefficient (Wildman–Crippen LogP) is 4.55. The van der Waals surface area contributed by atoms with E-state index in [4.69, 9.17) is 9.47 Å². The Balaban J connectivity index is 1.61. The first kappa shape index (κ1) is 19.6. The van der Waals surface area contributed by atoms with E-state index < -0.39 is 0 Å². The number of fused-ring (bicyclic) bond motifs is 1. The van der Waals surface area contributed by atoms with Crippen molar-refractivity contribution in [3.05, 3.63) is 53.6 Å². The van der Waals surface area contributed by atoms with E-state index in [1.807, 2.05) is 43.0 Å². The van der Waals surface area contributed by atoms with E-state index in [0.29, 0.717) is 26.2 Å². The molecule has 1 amide bonds. The summed E-state index contributed by atoms with van der Waals surface area (Å²) in [4.78, 5) is 15.8. The Labute approximate surface area is 165 Å². The molecule has 0 N–H and O–H groups in total. The molecule has 0 radical (unpaired) electrons. The van der Waals surface area contributed by atoms with E-state index in [2.05, 4.69) is 18.2 Å². The standard InChI is InChI=1S/C22H27NO3S/c1-3-25-20-14-17-10-12-23(16-18(17)15-21(20)26-4-2)22(24)11-13-27-19-8-6-5-7-9-19/h5-9,14-15H,3-4,10-13,16H2,1-2H3. The number of nitrogens with zero attached hydrogens (tertiary/aromatic N) is 1. The summed E-state index contributed by atoms with van der Waals surface area (Å²) in [7, 11) is 0. The van der Waals surface area contributed by atoms with Gasteiger partial charge in [-0.2, -0.15) is 0 Å². The van der Waals surface area contributed by atoms with Crippen molar-refractivity contribution >= 4 is 17.7 Å². The molecular formula is C22H27NO3S. The fraction of sp³-hybridized carbons (Fsp3) is 0.409. The van der Waals surface area contributed by atoms with Crippen LogP contribution in [0.1, 0.15) is 31.4 Å². The maximum atomic E-state index is 12.6. The quantitative estimate of drug-likeness (QED) is 0.625. The van der Waals surface area contributed by atoms with Gasteiger partial charge in [-0.25, -0.2) is 0 Å². The molecule has 1 heterocycles. The molecule has 0 fully saturated rings. The monoisotopic (exact) mass is 385 g/mol. The van der Waals surface area contributed by atoms with Gasteiger partial charge in [-0.1, -0.05) is 18.2 Å². The van der Waals surface area contributed by atoms with Gasteiger partial charge in [0.2, 0.25) is 5.91 Å². The highest BCUT2D eigenvalue weighted by Gasteiger charge is 2.22. The molecular weight excluding hydrogens is 358 g/mol. The first-order chi connectivity index (χ1) is 13.2. The summed E-state index contributed by atoms with van der Waals surface area (Å²) in [6.45, 7) is 6.57. The lowest BCUT2D eigenvalue weighted by molar-refractivity contribution is -0.131. The van der Waals surface area contributed by atoms with Crippen molar-refractivity contribution in [2.75, 3.05) is 25.5 Å². The maximum absolute atomic E-state index is 12.6. The van der Waals surface area contributed by atoms with Crippen molar-refractivity contribution in [1.29, 1.82) is 0 Å². The topological polar surface area (TPSA) is 38.8 Å². The largest absolute Gasteiger partial charge is 0.490 e. The molecule has 3 rings (SSSR count). The molecule has 0 atom stereocenters. The second-order valence-electron chi connectivity index (χ2n) is 6.41. The van der Waals surface area contributed by atoms with Crippen LogP contribution < -0.4 is 9.47 Å². The van der Waals surface area contributed by atoms with E-state index in [-0.39, 0.29) is 5.91 Å². The number of hydrogen-bond acceptors (Lipinski definition) is 4. The molecule has 5 heteroatoms. The third kappa shape index (κ3) is 5.19. The second-order valence-corrected chi connectivity index (χ2v) is 7.58. The Morgan fingerprint density at radius 2 is 1.70 bits per heavy atom. The zero-order chi connectivity index (χ0) is 19.1. The van der Waals surface area contributed by atoms with Gasteiger partial charge in [-0.15, -0.1) is 11.8 Å². The number of thioether (sulfide) groups is 1. The van der Waals surface area contributed by atoms with Crippen LogP contribution in [0.25, 0.3) is 0 Å². The van der Waals surface area contributed by atoms with Crippen LogP contribution in [0.2, 0.25) is 0 Å². The number of benzene rings is 2. The summed E-state index contributed by atoms with van der Waals surface area (Å²) in [6.07, 6.45) is 1.42. The van der Waals surface area contributed by atoms with Gasteiger partial charge < -0.3 is 14.4 Å². The number of carbonyl (C=O) groups excluding carboxylic acids is 1. The zero-order valence-electron chi connectivity index (χ0n) is 16.1. The summed E-state index contributed by atoms with van der Waals surface area (Å²) in [5, 5.41) is 0. The van der Waals surface area contributed by atoms with Gasteiger partial charge in [-0.3, -0.25) is 4.79 Å². The molecule has 144 valence electrons. The van der Waals surface area contributed by atoms with Crippen LogP contribution in [-0.4, -0.2) is 36.3 Å². The van der Waals surface area contributed by atoms with Gasteiger partial charge in [0.15, 0.2) is 11.5 Å². The van der Waals surface area contributed by atoms with Crippen LogP contribution in [0.5, 0.6) is 11.5 Å². The highest BCUT2D eigenvalue weighted by molar-refractivity contribution is 7.99. The van der Waals surface area contributed by atoms with Crippen LogP contribution in [-0.2, 0) is 17.8 Å².